The minimum Gasteiger partial charge on any atom is -0.312 e. The molecule has 1 aromatic carbocycles. The molecule has 0 radical (unpaired) electrons. The van der Waals surface area contributed by atoms with Crippen molar-refractivity contribution >= 4 is 11.0 Å². The molecular formula is C15H21N3O. The molecule has 19 heavy (non-hydrogen) atoms. The Kier molecular flexibility index (Phi) is 4.32. The number of nitrogens with zero attached hydrogens (tertiary/aromatic N) is 2. The van der Waals surface area contributed by atoms with Crippen molar-refractivity contribution in [2.75, 3.05) is 6.54 Å². The molecule has 0 aliphatic carbocycles. The lowest BCUT2D eigenvalue weighted by Crippen LogP contribution is -2.36. The maximum atomic E-state index is 12.3. The Bertz CT molecular complexity index is 618. The predicted octanol–water partition coefficient (Wildman–Crippen LogP) is 2.09. The Hall–Kier alpha value is -1.68. The minimum atomic E-state index is 0.00356. The van der Waals surface area contributed by atoms with E-state index in [9.17, 15) is 4.79 Å². The van der Waals surface area contributed by atoms with E-state index in [0.717, 1.165) is 24.0 Å². The van der Waals surface area contributed by atoms with Crippen molar-refractivity contribution in [2.45, 2.75) is 39.8 Å². The number of benzene rings is 1. The van der Waals surface area contributed by atoms with E-state index in [2.05, 4.69) is 24.1 Å². The van der Waals surface area contributed by atoms with Crippen molar-refractivity contribution in [3.05, 3.63) is 40.3 Å². The highest BCUT2D eigenvalue weighted by Gasteiger charge is 2.10. The first-order chi connectivity index (χ1) is 9.13. The SMILES string of the molecule is CCCNC(C)Cn1c(=O)c(C)nc2ccccc21. The second-order valence-corrected chi connectivity index (χ2v) is 4.96. The predicted molar refractivity (Wildman–Crippen MR) is 78.5 cm³/mol. The molecule has 1 N–H and O–H groups in total. The van der Waals surface area contributed by atoms with E-state index in [1.165, 1.54) is 0 Å². The van der Waals surface area contributed by atoms with E-state index >= 15 is 0 Å². The van der Waals surface area contributed by atoms with E-state index in [1.807, 2.05) is 28.8 Å². The van der Waals surface area contributed by atoms with Crippen molar-refractivity contribution in [3.8, 4) is 0 Å². The highest BCUT2D eigenvalue weighted by atomic mass is 16.1. The molecule has 1 unspecified atom stereocenters. The second-order valence-electron chi connectivity index (χ2n) is 4.96. The summed E-state index contributed by atoms with van der Waals surface area (Å²) in [5.41, 5.74) is 2.34. The Labute approximate surface area is 113 Å². The van der Waals surface area contributed by atoms with Gasteiger partial charge >= 0.3 is 0 Å². The van der Waals surface area contributed by atoms with Crippen LogP contribution < -0.4 is 10.9 Å². The lowest BCUT2D eigenvalue weighted by molar-refractivity contribution is 0.476. The summed E-state index contributed by atoms with van der Waals surface area (Å²) in [7, 11) is 0. The van der Waals surface area contributed by atoms with Crippen molar-refractivity contribution in [1.82, 2.24) is 14.9 Å². The summed E-state index contributed by atoms with van der Waals surface area (Å²) >= 11 is 0. The fourth-order valence-corrected chi connectivity index (χ4v) is 2.23. The first kappa shape index (κ1) is 13.7. The third-order valence-electron chi connectivity index (χ3n) is 3.21. The summed E-state index contributed by atoms with van der Waals surface area (Å²) in [6, 6.07) is 8.06. The van der Waals surface area contributed by atoms with Crippen LogP contribution in [0.4, 0.5) is 0 Å². The van der Waals surface area contributed by atoms with Gasteiger partial charge in [-0.05, 0) is 38.9 Å². The Balaban J connectivity index is 2.40. The molecule has 0 bridgehead atoms. The van der Waals surface area contributed by atoms with E-state index in [1.54, 1.807) is 6.92 Å². The molecule has 4 heteroatoms. The van der Waals surface area contributed by atoms with E-state index in [0.29, 0.717) is 12.2 Å². The third-order valence-corrected chi connectivity index (χ3v) is 3.21. The Morgan fingerprint density at radius 2 is 2.11 bits per heavy atom. The topological polar surface area (TPSA) is 46.9 Å². The summed E-state index contributed by atoms with van der Waals surface area (Å²) in [6.07, 6.45) is 1.09. The van der Waals surface area contributed by atoms with Crippen LogP contribution in [0.2, 0.25) is 0 Å². The second kappa shape index (κ2) is 5.97. The van der Waals surface area contributed by atoms with Crippen molar-refractivity contribution in [3.63, 3.8) is 0 Å². The van der Waals surface area contributed by atoms with Crippen LogP contribution in [-0.2, 0) is 6.54 Å². The molecule has 2 rings (SSSR count). The summed E-state index contributed by atoms with van der Waals surface area (Å²) in [5, 5.41) is 3.41. The number of hydrogen-bond donors (Lipinski definition) is 1. The van der Waals surface area contributed by atoms with Gasteiger partial charge in [-0.1, -0.05) is 19.1 Å². The number of fused-ring (bicyclic) bond motifs is 1. The van der Waals surface area contributed by atoms with Gasteiger partial charge in [0, 0.05) is 12.6 Å². The summed E-state index contributed by atoms with van der Waals surface area (Å²) < 4.78 is 1.82. The maximum absolute atomic E-state index is 12.3. The van der Waals surface area contributed by atoms with E-state index in [4.69, 9.17) is 0 Å². The summed E-state index contributed by atoms with van der Waals surface area (Å²) in [4.78, 5) is 16.6. The highest BCUT2D eigenvalue weighted by Crippen LogP contribution is 2.10. The molecule has 4 nitrogen and oxygen atoms in total. The summed E-state index contributed by atoms with van der Waals surface area (Å²) in [5.74, 6) is 0. The molecule has 0 saturated heterocycles. The average Bonchev–Trinajstić information content (AvgIpc) is 2.41. The van der Waals surface area contributed by atoms with Gasteiger partial charge in [0.05, 0.1) is 11.0 Å². The lowest BCUT2D eigenvalue weighted by Gasteiger charge is -2.17. The van der Waals surface area contributed by atoms with E-state index < -0.39 is 0 Å². The normalized spacial score (nSPS) is 12.8. The fourth-order valence-electron chi connectivity index (χ4n) is 2.23. The quantitative estimate of drug-likeness (QED) is 0.894. The van der Waals surface area contributed by atoms with Gasteiger partial charge in [-0.3, -0.25) is 4.79 Å². The van der Waals surface area contributed by atoms with Crippen molar-refractivity contribution in [2.24, 2.45) is 0 Å². The molecule has 2 aromatic rings. The number of para-hydroxylation sites is 2. The molecule has 0 aliphatic rings. The minimum absolute atomic E-state index is 0.00356. The highest BCUT2D eigenvalue weighted by molar-refractivity contribution is 5.74. The zero-order valence-corrected chi connectivity index (χ0v) is 11.8. The molecule has 102 valence electrons. The molecule has 0 saturated carbocycles. The third kappa shape index (κ3) is 3.01. The van der Waals surface area contributed by atoms with Gasteiger partial charge in [-0.25, -0.2) is 4.98 Å². The van der Waals surface area contributed by atoms with Gasteiger partial charge < -0.3 is 9.88 Å². The Morgan fingerprint density at radius 3 is 2.84 bits per heavy atom. The van der Waals surface area contributed by atoms with Crippen molar-refractivity contribution in [1.29, 1.82) is 0 Å². The van der Waals surface area contributed by atoms with Crippen LogP contribution in [0.5, 0.6) is 0 Å². The van der Waals surface area contributed by atoms with Gasteiger partial charge in [0.15, 0.2) is 0 Å². The number of nitrogens with one attached hydrogen (secondary N) is 1. The molecule has 1 atom stereocenters. The standard InChI is InChI=1S/C15H21N3O/c1-4-9-16-11(2)10-18-14-8-6-5-7-13(14)17-12(3)15(18)19/h5-8,11,16H,4,9-10H2,1-3H3. The number of hydrogen-bond acceptors (Lipinski definition) is 3. The van der Waals surface area contributed by atoms with Gasteiger partial charge in [0.1, 0.15) is 5.69 Å². The monoisotopic (exact) mass is 259 g/mol. The van der Waals surface area contributed by atoms with Crippen LogP contribution in [0, 0.1) is 6.92 Å². The number of aromatic nitrogens is 2. The first-order valence-electron chi connectivity index (χ1n) is 6.83. The van der Waals surface area contributed by atoms with Crippen LogP contribution in [0.25, 0.3) is 11.0 Å². The van der Waals surface area contributed by atoms with Gasteiger partial charge in [0.2, 0.25) is 0 Å². The first-order valence-corrected chi connectivity index (χ1v) is 6.83. The fraction of sp³-hybridized carbons (Fsp3) is 0.467. The van der Waals surface area contributed by atoms with Crippen LogP contribution >= 0.6 is 0 Å². The molecule has 0 aliphatic heterocycles. The van der Waals surface area contributed by atoms with E-state index in [-0.39, 0.29) is 11.6 Å². The maximum Gasteiger partial charge on any atom is 0.272 e. The molecule has 1 heterocycles. The van der Waals surface area contributed by atoms with Crippen molar-refractivity contribution < 1.29 is 0 Å². The van der Waals surface area contributed by atoms with Crippen LogP contribution in [-0.4, -0.2) is 22.1 Å². The van der Waals surface area contributed by atoms with Crippen LogP contribution in [0.3, 0.4) is 0 Å². The average molecular weight is 259 g/mol. The number of aryl methyl sites for hydroxylation is 1. The molecule has 0 amide bonds. The summed E-state index contributed by atoms with van der Waals surface area (Å²) in [6.45, 7) is 7.65. The van der Waals surface area contributed by atoms with Gasteiger partial charge in [-0.2, -0.15) is 0 Å². The van der Waals surface area contributed by atoms with Crippen LogP contribution in [0.15, 0.2) is 29.1 Å². The molecule has 0 spiro atoms. The van der Waals surface area contributed by atoms with Crippen LogP contribution in [0.1, 0.15) is 26.0 Å². The smallest absolute Gasteiger partial charge is 0.272 e. The molecule has 0 fully saturated rings. The zero-order chi connectivity index (χ0) is 13.8. The largest absolute Gasteiger partial charge is 0.312 e. The van der Waals surface area contributed by atoms with Gasteiger partial charge in [0.25, 0.3) is 5.56 Å². The Morgan fingerprint density at radius 1 is 1.37 bits per heavy atom. The lowest BCUT2D eigenvalue weighted by atomic mass is 10.2. The van der Waals surface area contributed by atoms with Gasteiger partial charge in [-0.15, -0.1) is 0 Å². The molecular weight excluding hydrogens is 238 g/mol. The molecule has 1 aromatic heterocycles. The zero-order valence-electron chi connectivity index (χ0n) is 11.8. The number of rotatable bonds is 5.